The number of hydrogen-bond acceptors (Lipinski definition) is 4. The first kappa shape index (κ1) is 18.1. The first-order valence-corrected chi connectivity index (χ1v) is 8.92. The van der Waals surface area contributed by atoms with E-state index in [0.717, 1.165) is 27.8 Å². The van der Waals surface area contributed by atoms with Crippen LogP contribution in [0.25, 0.3) is 6.08 Å². The Kier molecular flexibility index (Phi) is 5.67. The standard InChI is InChI=1S/C20H14ClNO3S/c1-2-11-22-19(23)18(26-20(22)24)12-14-5-9-17(10-6-14)25-13-15-3-7-16(21)8-4-15/h1,3-10,12H,11,13H2/b18-12+. The molecule has 0 spiro atoms. The van der Waals surface area contributed by atoms with Crippen LogP contribution in [0.3, 0.4) is 0 Å². The number of thioether (sulfide) groups is 1. The van der Waals surface area contributed by atoms with E-state index in [9.17, 15) is 9.59 Å². The minimum Gasteiger partial charge on any atom is -0.489 e. The van der Waals surface area contributed by atoms with Gasteiger partial charge in [-0.05, 0) is 53.2 Å². The molecule has 3 rings (SSSR count). The van der Waals surface area contributed by atoms with E-state index in [-0.39, 0.29) is 17.7 Å². The highest BCUT2D eigenvalue weighted by Crippen LogP contribution is 2.32. The van der Waals surface area contributed by atoms with Crippen molar-refractivity contribution in [3.8, 4) is 18.1 Å². The Hall–Kier alpha value is -2.68. The topological polar surface area (TPSA) is 46.6 Å². The van der Waals surface area contributed by atoms with Crippen molar-refractivity contribution >= 4 is 40.6 Å². The molecule has 1 saturated heterocycles. The fourth-order valence-corrected chi connectivity index (χ4v) is 3.25. The maximum absolute atomic E-state index is 12.1. The molecule has 2 aromatic rings. The molecule has 6 heteroatoms. The number of amides is 2. The zero-order valence-corrected chi connectivity index (χ0v) is 15.2. The Morgan fingerprint density at radius 3 is 2.46 bits per heavy atom. The number of carbonyl (C=O) groups excluding carboxylic acids is 2. The van der Waals surface area contributed by atoms with Gasteiger partial charge in [-0.1, -0.05) is 41.8 Å². The lowest BCUT2D eigenvalue weighted by atomic mass is 10.2. The SMILES string of the molecule is C#CCN1C(=O)S/C(=C/c2ccc(OCc3ccc(Cl)cc3)cc2)C1=O. The van der Waals surface area contributed by atoms with Gasteiger partial charge >= 0.3 is 0 Å². The molecule has 0 saturated carbocycles. The third-order valence-corrected chi connectivity index (χ3v) is 4.78. The molecule has 1 fully saturated rings. The molecule has 4 nitrogen and oxygen atoms in total. The molecule has 0 bridgehead atoms. The molecule has 1 heterocycles. The zero-order chi connectivity index (χ0) is 18.5. The number of benzene rings is 2. The van der Waals surface area contributed by atoms with Crippen LogP contribution < -0.4 is 4.74 Å². The van der Waals surface area contributed by atoms with Crippen molar-refractivity contribution in [2.75, 3.05) is 6.54 Å². The summed E-state index contributed by atoms with van der Waals surface area (Å²) in [4.78, 5) is 25.3. The van der Waals surface area contributed by atoms with Crippen LogP contribution in [-0.2, 0) is 11.4 Å². The van der Waals surface area contributed by atoms with E-state index in [2.05, 4.69) is 5.92 Å². The van der Waals surface area contributed by atoms with E-state index >= 15 is 0 Å². The largest absolute Gasteiger partial charge is 0.489 e. The summed E-state index contributed by atoms with van der Waals surface area (Å²) in [5.74, 6) is 2.66. The Bertz CT molecular complexity index is 898. The monoisotopic (exact) mass is 383 g/mol. The summed E-state index contributed by atoms with van der Waals surface area (Å²) >= 11 is 6.75. The maximum Gasteiger partial charge on any atom is 0.294 e. The van der Waals surface area contributed by atoms with Crippen LogP contribution in [0.5, 0.6) is 5.75 Å². The van der Waals surface area contributed by atoms with Gasteiger partial charge in [-0.2, -0.15) is 0 Å². The maximum atomic E-state index is 12.1. The van der Waals surface area contributed by atoms with Crippen molar-refractivity contribution < 1.29 is 14.3 Å². The smallest absolute Gasteiger partial charge is 0.294 e. The molecule has 0 unspecified atom stereocenters. The highest BCUT2D eigenvalue weighted by Gasteiger charge is 2.34. The predicted octanol–water partition coefficient (Wildman–Crippen LogP) is 4.59. The molecule has 1 aliphatic rings. The van der Waals surface area contributed by atoms with Crippen molar-refractivity contribution in [3.05, 3.63) is 69.6 Å². The molecule has 1 aliphatic heterocycles. The summed E-state index contributed by atoms with van der Waals surface area (Å²) in [6, 6.07) is 14.7. The lowest BCUT2D eigenvalue weighted by Gasteiger charge is -2.07. The highest BCUT2D eigenvalue weighted by molar-refractivity contribution is 8.18. The second-order valence-electron chi connectivity index (χ2n) is 5.46. The average molecular weight is 384 g/mol. The molecular weight excluding hydrogens is 370 g/mol. The minimum absolute atomic E-state index is 0.0144. The quantitative estimate of drug-likeness (QED) is 0.559. The van der Waals surface area contributed by atoms with Crippen molar-refractivity contribution in [1.29, 1.82) is 0 Å². The number of terminal acetylenes is 1. The van der Waals surface area contributed by atoms with Gasteiger partial charge in [0.05, 0.1) is 11.4 Å². The van der Waals surface area contributed by atoms with Crippen LogP contribution in [0, 0.1) is 12.3 Å². The lowest BCUT2D eigenvalue weighted by Crippen LogP contribution is -2.28. The Morgan fingerprint density at radius 1 is 1.12 bits per heavy atom. The van der Waals surface area contributed by atoms with E-state index in [1.165, 1.54) is 0 Å². The van der Waals surface area contributed by atoms with Crippen molar-refractivity contribution in [1.82, 2.24) is 4.90 Å². The van der Waals surface area contributed by atoms with Crippen LogP contribution in [0.1, 0.15) is 11.1 Å². The molecule has 0 aliphatic carbocycles. The number of carbonyl (C=O) groups is 2. The number of imide groups is 1. The van der Waals surface area contributed by atoms with Gasteiger partial charge in [0.25, 0.3) is 11.1 Å². The lowest BCUT2D eigenvalue weighted by molar-refractivity contribution is -0.122. The predicted molar refractivity (Wildman–Crippen MR) is 104 cm³/mol. The zero-order valence-electron chi connectivity index (χ0n) is 13.6. The third-order valence-electron chi connectivity index (χ3n) is 3.62. The molecule has 130 valence electrons. The molecule has 0 aromatic heterocycles. The van der Waals surface area contributed by atoms with Gasteiger partial charge in [0.1, 0.15) is 12.4 Å². The average Bonchev–Trinajstić information content (AvgIpc) is 2.90. The number of ether oxygens (including phenoxy) is 1. The van der Waals surface area contributed by atoms with E-state index in [1.807, 2.05) is 48.5 Å². The van der Waals surface area contributed by atoms with Crippen LogP contribution in [0.15, 0.2) is 53.4 Å². The summed E-state index contributed by atoms with van der Waals surface area (Å²) in [6.07, 6.45) is 6.85. The van der Waals surface area contributed by atoms with Gasteiger partial charge < -0.3 is 4.74 Å². The van der Waals surface area contributed by atoms with Gasteiger partial charge in [-0.3, -0.25) is 14.5 Å². The fourth-order valence-electron chi connectivity index (χ4n) is 2.29. The van der Waals surface area contributed by atoms with Gasteiger partial charge in [-0.15, -0.1) is 6.42 Å². The molecule has 0 atom stereocenters. The van der Waals surface area contributed by atoms with Gasteiger partial charge in [0.2, 0.25) is 0 Å². The normalized spacial score (nSPS) is 15.4. The van der Waals surface area contributed by atoms with Crippen LogP contribution in [0.4, 0.5) is 4.79 Å². The van der Waals surface area contributed by atoms with Crippen molar-refractivity contribution in [2.45, 2.75) is 6.61 Å². The Balaban J connectivity index is 1.64. The summed E-state index contributed by atoms with van der Waals surface area (Å²) in [5.41, 5.74) is 1.82. The van der Waals surface area contributed by atoms with E-state index < -0.39 is 0 Å². The number of nitrogens with zero attached hydrogens (tertiary/aromatic N) is 1. The summed E-state index contributed by atoms with van der Waals surface area (Å²) in [5, 5.41) is 0.340. The van der Waals surface area contributed by atoms with E-state index in [0.29, 0.717) is 22.3 Å². The Morgan fingerprint density at radius 2 is 1.81 bits per heavy atom. The third kappa shape index (κ3) is 4.29. The van der Waals surface area contributed by atoms with Gasteiger partial charge in [0.15, 0.2) is 0 Å². The second kappa shape index (κ2) is 8.13. The van der Waals surface area contributed by atoms with Crippen LogP contribution in [-0.4, -0.2) is 22.6 Å². The van der Waals surface area contributed by atoms with Crippen LogP contribution in [0.2, 0.25) is 5.02 Å². The van der Waals surface area contributed by atoms with Crippen LogP contribution >= 0.6 is 23.4 Å². The molecule has 2 aromatic carbocycles. The molecule has 0 N–H and O–H groups in total. The molecule has 0 radical (unpaired) electrons. The minimum atomic E-state index is -0.360. The molecule has 26 heavy (non-hydrogen) atoms. The van der Waals surface area contributed by atoms with Crippen molar-refractivity contribution in [2.24, 2.45) is 0 Å². The number of rotatable bonds is 5. The second-order valence-corrected chi connectivity index (χ2v) is 6.89. The summed E-state index contributed by atoms with van der Waals surface area (Å²) in [7, 11) is 0. The summed E-state index contributed by atoms with van der Waals surface area (Å²) in [6.45, 7) is 0.418. The first-order chi connectivity index (χ1) is 12.6. The van der Waals surface area contributed by atoms with Gasteiger partial charge in [0, 0.05) is 5.02 Å². The molecular formula is C20H14ClNO3S. The summed E-state index contributed by atoms with van der Waals surface area (Å²) < 4.78 is 5.72. The van der Waals surface area contributed by atoms with E-state index in [4.69, 9.17) is 22.8 Å². The van der Waals surface area contributed by atoms with Gasteiger partial charge in [-0.25, -0.2) is 0 Å². The number of halogens is 1. The van der Waals surface area contributed by atoms with E-state index in [1.54, 1.807) is 6.08 Å². The number of hydrogen-bond donors (Lipinski definition) is 0. The first-order valence-electron chi connectivity index (χ1n) is 7.73. The van der Waals surface area contributed by atoms with Crippen molar-refractivity contribution in [3.63, 3.8) is 0 Å². The fraction of sp³-hybridized carbons (Fsp3) is 0.100. The highest BCUT2D eigenvalue weighted by atomic mass is 35.5. The molecule has 2 amide bonds. The Labute approximate surface area is 160 Å².